The van der Waals surface area contributed by atoms with Crippen molar-refractivity contribution in [1.82, 2.24) is 10.2 Å². The number of rotatable bonds is 6. The number of hydrogen-bond donors (Lipinski definition) is 1. The van der Waals surface area contributed by atoms with Gasteiger partial charge in [-0.25, -0.2) is 0 Å². The van der Waals surface area contributed by atoms with Gasteiger partial charge in [-0.3, -0.25) is 9.69 Å². The first-order chi connectivity index (χ1) is 11.7. The zero-order chi connectivity index (χ0) is 16.8. The summed E-state index contributed by atoms with van der Waals surface area (Å²) in [6, 6.07) is 12.6. The number of carbonyl (C=O) groups is 1. The molecule has 0 spiro atoms. The Morgan fingerprint density at radius 2 is 1.88 bits per heavy atom. The number of piperidine rings is 1. The van der Waals surface area contributed by atoms with E-state index in [0.717, 1.165) is 22.9 Å². The zero-order valence-electron chi connectivity index (χ0n) is 14.3. The predicted molar refractivity (Wildman–Crippen MR) is 100.0 cm³/mol. The van der Waals surface area contributed by atoms with Crippen molar-refractivity contribution in [2.75, 3.05) is 13.1 Å². The Balaban J connectivity index is 1.43. The van der Waals surface area contributed by atoms with E-state index < -0.39 is 0 Å². The lowest BCUT2D eigenvalue weighted by atomic mass is 9.99. The predicted octanol–water partition coefficient (Wildman–Crippen LogP) is 3.84. The van der Waals surface area contributed by atoms with Crippen LogP contribution in [0.1, 0.15) is 35.8 Å². The molecule has 1 aliphatic heterocycles. The summed E-state index contributed by atoms with van der Waals surface area (Å²) in [6.45, 7) is 6.41. The molecule has 3 nitrogen and oxygen atoms in total. The van der Waals surface area contributed by atoms with Gasteiger partial charge < -0.3 is 5.32 Å². The van der Waals surface area contributed by atoms with Crippen molar-refractivity contribution < 1.29 is 4.79 Å². The summed E-state index contributed by atoms with van der Waals surface area (Å²) < 4.78 is 0. The van der Waals surface area contributed by atoms with E-state index in [1.54, 1.807) is 11.3 Å². The summed E-state index contributed by atoms with van der Waals surface area (Å²) in [5.41, 5.74) is 2.52. The second-order valence-electron chi connectivity index (χ2n) is 6.81. The average Bonchev–Trinajstić information content (AvgIpc) is 3.09. The molecule has 1 aromatic carbocycles. The fourth-order valence-corrected chi connectivity index (χ4v) is 3.78. The van der Waals surface area contributed by atoms with Gasteiger partial charge in [0, 0.05) is 18.0 Å². The highest BCUT2D eigenvalue weighted by molar-refractivity contribution is 7.10. The molecular formula is C20H26N2OS. The van der Waals surface area contributed by atoms with Crippen LogP contribution in [0, 0.1) is 5.92 Å². The number of benzene rings is 1. The zero-order valence-corrected chi connectivity index (χ0v) is 15.1. The van der Waals surface area contributed by atoms with Gasteiger partial charge in [-0.1, -0.05) is 37.3 Å². The summed E-state index contributed by atoms with van der Waals surface area (Å²) in [7, 11) is 0. The van der Waals surface area contributed by atoms with E-state index in [9.17, 15) is 4.79 Å². The van der Waals surface area contributed by atoms with Gasteiger partial charge in [-0.2, -0.15) is 0 Å². The topological polar surface area (TPSA) is 32.3 Å². The van der Waals surface area contributed by atoms with Crippen molar-refractivity contribution in [1.29, 1.82) is 0 Å². The van der Waals surface area contributed by atoms with E-state index in [-0.39, 0.29) is 5.91 Å². The second kappa shape index (κ2) is 8.45. The second-order valence-corrected chi connectivity index (χ2v) is 7.84. The first-order valence-electron chi connectivity index (χ1n) is 8.78. The molecule has 128 valence electrons. The normalized spacial score (nSPS) is 16.2. The van der Waals surface area contributed by atoms with Crippen LogP contribution in [-0.4, -0.2) is 23.9 Å². The van der Waals surface area contributed by atoms with Crippen molar-refractivity contribution in [2.24, 2.45) is 5.92 Å². The summed E-state index contributed by atoms with van der Waals surface area (Å²) in [4.78, 5) is 15.6. The third kappa shape index (κ3) is 5.18. The number of hydrogen-bond acceptors (Lipinski definition) is 3. The molecule has 1 aliphatic rings. The average molecular weight is 343 g/mol. The van der Waals surface area contributed by atoms with Crippen molar-refractivity contribution in [3.05, 3.63) is 57.8 Å². The van der Waals surface area contributed by atoms with E-state index in [1.807, 2.05) is 17.5 Å². The first kappa shape index (κ1) is 17.2. The van der Waals surface area contributed by atoms with E-state index in [2.05, 4.69) is 41.4 Å². The van der Waals surface area contributed by atoms with Crippen LogP contribution < -0.4 is 5.32 Å². The third-order valence-electron chi connectivity index (χ3n) is 4.71. The SMILES string of the molecule is CC1CCN(Cc2ccc(CNC(=O)Cc3cccs3)cc2)CC1. The molecule has 1 aromatic heterocycles. The molecule has 4 heteroatoms. The maximum absolute atomic E-state index is 11.9. The highest BCUT2D eigenvalue weighted by atomic mass is 32.1. The van der Waals surface area contributed by atoms with E-state index in [4.69, 9.17) is 0 Å². The Bertz CT molecular complexity index is 628. The molecule has 0 saturated carbocycles. The minimum Gasteiger partial charge on any atom is -0.352 e. The van der Waals surface area contributed by atoms with Crippen LogP contribution in [0.25, 0.3) is 0 Å². The molecule has 0 radical (unpaired) electrons. The Labute approximate surface area is 148 Å². The van der Waals surface area contributed by atoms with Crippen LogP contribution in [0.4, 0.5) is 0 Å². The quantitative estimate of drug-likeness (QED) is 0.865. The molecule has 1 saturated heterocycles. The van der Waals surface area contributed by atoms with Crippen LogP contribution in [-0.2, 0) is 24.3 Å². The fourth-order valence-electron chi connectivity index (χ4n) is 3.08. The summed E-state index contributed by atoms with van der Waals surface area (Å²) in [5.74, 6) is 0.963. The van der Waals surface area contributed by atoms with Crippen molar-refractivity contribution in [3.8, 4) is 0 Å². The molecule has 2 aromatic rings. The maximum Gasteiger partial charge on any atom is 0.225 e. The van der Waals surface area contributed by atoms with E-state index in [0.29, 0.717) is 13.0 Å². The van der Waals surface area contributed by atoms with Gasteiger partial charge >= 0.3 is 0 Å². The number of nitrogens with one attached hydrogen (secondary N) is 1. The van der Waals surface area contributed by atoms with Gasteiger partial charge in [0.05, 0.1) is 6.42 Å². The maximum atomic E-state index is 11.9. The Hall–Kier alpha value is -1.65. The number of likely N-dealkylation sites (tertiary alicyclic amines) is 1. The number of carbonyl (C=O) groups excluding carboxylic acids is 1. The molecule has 3 rings (SSSR count). The summed E-state index contributed by atoms with van der Waals surface area (Å²) in [5, 5.41) is 5.00. The number of nitrogens with zero attached hydrogens (tertiary/aromatic N) is 1. The molecule has 24 heavy (non-hydrogen) atoms. The molecule has 2 heterocycles. The van der Waals surface area contributed by atoms with Crippen molar-refractivity contribution in [2.45, 2.75) is 39.3 Å². The van der Waals surface area contributed by atoms with Crippen LogP contribution in [0.3, 0.4) is 0 Å². The molecule has 1 fully saturated rings. The lowest BCUT2D eigenvalue weighted by Gasteiger charge is -2.30. The Morgan fingerprint density at radius 3 is 2.54 bits per heavy atom. The van der Waals surface area contributed by atoms with Gasteiger partial charge in [-0.15, -0.1) is 11.3 Å². The molecule has 0 bridgehead atoms. The highest BCUT2D eigenvalue weighted by Gasteiger charge is 2.15. The van der Waals surface area contributed by atoms with Crippen LogP contribution in [0.2, 0.25) is 0 Å². The first-order valence-corrected chi connectivity index (χ1v) is 9.66. The monoisotopic (exact) mass is 342 g/mol. The summed E-state index contributed by atoms with van der Waals surface area (Å²) >= 11 is 1.63. The largest absolute Gasteiger partial charge is 0.352 e. The van der Waals surface area contributed by atoms with Crippen LogP contribution in [0.15, 0.2) is 41.8 Å². The van der Waals surface area contributed by atoms with Gasteiger partial charge in [-0.05, 0) is 54.4 Å². The third-order valence-corrected chi connectivity index (χ3v) is 5.59. The minimum absolute atomic E-state index is 0.0870. The van der Waals surface area contributed by atoms with Gasteiger partial charge in [0.1, 0.15) is 0 Å². The van der Waals surface area contributed by atoms with Crippen molar-refractivity contribution in [3.63, 3.8) is 0 Å². The van der Waals surface area contributed by atoms with Crippen LogP contribution in [0.5, 0.6) is 0 Å². The lowest BCUT2D eigenvalue weighted by molar-refractivity contribution is -0.120. The molecule has 1 amide bonds. The van der Waals surface area contributed by atoms with Crippen molar-refractivity contribution >= 4 is 17.2 Å². The molecule has 0 unspecified atom stereocenters. The Morgan fingerprint density at radius 1 is 1.17 bits per heavy atom. The smallest absolute Gasteiger partial charge is 0.225 e. The van der Waals surface area contributed by atoms with Gasteiger partial charge in [0.15, 0.2) is 0 Å². The number of thiophene rings is 1. The number of amides is 1. The standard InChI is InChI=1S/C20H26N2OS/c1-16-8-10-22(11-9-16)15-18-6-4-17(5-7-18)14-21-20(23)13-19-3-2-12-24-19/h2-7,12,16H,8-11,13-15H2,1H3,(H,21,23). The molecular weight excluding hydrogens is 316 g/mol. The molecule has 1 N–H and O–H groups in total. The van der Waals surface area contributed by atoms with E-state index >= 15 is 0 Å². The summed E-state index contributed by atoms with van der Waals surface area (Å²) in [6.07, 6.45) is 3.10. The highest BCUT2D eigenvalue weighted by Crippen LogP contribution is 2.18. The van der Waals surface area contributed by atoms with Gasteiger partial charge in [0.2, 0.25) is 5.91 Å². The van der Waals surface area contributed by atoms with E-state index in [1.165, 1.54) is 31.5 Å². The molecule has 0 aliphatic carbocycles. The molecule has 0 atom stereocenters. The van der Waals surface area contributed by atoms with Crippen LogP contribution >= 0.6 is 11.3 Å². The fraction of sp³-hybridized carbons (Fsp3) is 0.450. The lowest BCUT2D eigenvalue weighted by Crippen LogP contribution is -2.32. The minimum atomic E-state index is 0.0870. The van der Waals surface area contributed by atoms with Gasteiger partial charge in [0.25, 0.3) is 0 Å². The Kier molecular flexibility index (Phi) is 6.05.